The van der Waals surface area contributed by atoms with Crippen molar-refractivity contribution in [2.45, 2.75) is 13.5 Å². The monoisotopic (exact) mass is 216 g/mol. The van der Waals surface area contributed by atoms with Crippen molar-refractivity contribution in [3.8, 4) is 0 Å². The summed E-state index contributed by atoms with van der Waals surface area (Å²) in [7, 11) is 1.91. The Labute approximate surface area is 96.1 Å². The second kappa shape index (κ2) is 6.56. The predicted octanol–water partition coefficient (Wildman–Crippen LogP) is 2.25. The van der Waals surface area contributed by atoms with Crippen LogP contribution in [0, 0.1) is 0 Å². The minimum atomic E-state index is 0.746. The molecule has 0 bridgehead atoms. The number of carbonyl (C=O) groups is 1. The van der Waals surface area contributed by atoms with E-state index in [1.54, 1.807) is 6.08 Å². The van der Waals surface area contributed by atoms with E-state index in [9.17, 15) is 4.79 Å². The van der Waals surface area contributed by atoms with Crippen LogP contribution in [0.5, 0.6) is 0 Å². The summed E-state index contributed by atoms with van der Waals surface area (Å²) in [6.45, 7) is 2.62. The van der Waals surface area contributed by atoms with Crippen LogP contribution in [0.2, 0.25) is 0 Å². The molecule has 0 aromatic heterocycles. The standard InChI is InChI=1S/C13H16N2O/c1-12(7-6-10-16)14-15(2)11-13-8-4-3-5-9-13/h3-10H,11H2,1-2H3/b7-6-,14-12-. The maximum Gasteiger partial charge on any atom is 0.142 e. The van der Waals surface area contributed by atoms with E-state index in [0.717, 1.165) is 18.5 Å². The van der Waals surface area contributed by atoms with Gasteiger partial charge in [-0.25, -0.2) is 0 Å². The van der Waals surface area contributed by atoms with Crippen LogP contribution < -0.4 is 0 Å². The second-order valence-electron chi connectivity index (χ2n) is 3.54. The Morgan fingerprint density at radius 2 is 2.06 bits per heavy atom. The van der Waals surface area contributed by atoms with Gasteiger partial charge in [-0.2, -0.15) is 5.10 Å². The largest absolute Gasteiger partial charge is 0.299 e. The molecule has 16 heavy (non-hydrogen) atoms. The van der Waals surface area contributed by atoms with Gasteiger partial charge in [0, 0.05) is 7.05 Å². The van der Waals surface area contributed by atoms with Crippen molar-refractivity contribution in [3.05, 3.63) is 48.0 Å². The molecule has 0 heterocycles. The SMILES string of the molecule is CC(/C=C\C=O)=N/N(C)Cc1ccccc1. The summed E-state index contributed by atoms with van der Waals surface area (Å²) < 4.78 is 0. The third kappa shape index (κ3) is 4.55. The highest BCUT2D eigenvalue weighted by atomic mass is 16.1. The number of carbonyl (C=O) groups excluding carboxylic acids is 1. The molecule has 0 aliphatic rings. The van der Waals surface area contributed by atoms with Crippen LogP contribution in [0.15, 0.2) is 47.6 Å². The van der Waals surface area contributed by atoms with Gasteiger partial charge >= 0.3 is 0 Å². The topological polar surface area (TPSA) is 32.7 Å². The van der Waals surface area contributed by atoms with E-state index in [0.29, 0.717) is 0 Å². The zero-order valence-electron chi connectivity index (χ0n) is 9.63. The quantitative estimate of drug-likeness (QED) is 0.327. The Balaban J connectivity index is 2.56. The van der Waals surface area contributed by atoms with Gasteiger partial charge in [-0.15, -0.1) is 0 Å². The van der Waals surface area contributed by atoms with Crippen LogP contribution in [0.1, 0.15) is 12.5 Å². The molecule has 0 saturated heterocycles. The summed E-state index contributed by atoms with van der Waals surface area (Å²) in [5.41, 5.74) is 2.02. The van der Waals surface area contributed by atoms with E-state index >= 15 is 0 Å². The molecule has 84 valence electrons. The lowest BCUT2D eigenvalue weighted by Crippen LogP contribution is -2.12. The van der Waals surface area contributed by atoms with Gasteiger partial charge in [-0.1, -0.05) is 30.3 Å². The summed E-state index contributed by atoms with van der Waals surface area (Å²) in [5.74, 6) is 0. The van der Waals surface area contributed by atoms with Gasteiger partial charge in [0.2, 0.25) is 0 Å². The van der Waals surface area contributed by atoms with E-state index in [1.165, 1.54) is 11.6 Å². The van der Waals surface area contributed by atoms with Gasteiger partial charge in [0.1, 0.15) is 6.29 Å². The Morgan fingerprint density at radius 1 is 1.38 bits per heavy atom. The number of benzene rings is 1. The number of hydrazone groups is 1. The minimum absolute atomic E-state index is 0.746. The maximum atomic E-state index is 10.1. The number of aldehydes is 1. The number of hydrogen-bond donors (Lipinski definition) is 0. The van der Waals surface area contributed by atoms with Crippen molar-refractivity contribution in [2.24, 2.45) is 5.10 Å². The molecule has 0 aliphatic carbocycles. The fraction of sp³-hybridized carbons (Fsp3) is 0.231. The molecule has 0 saturated carbocycles. The zero-order chi connectivity index (χ0) is 11.8. The van der Waals surface area contributed by atoms with Gasteiger partial charge in [0.15, 0.2) is 0 Å². The number of hydrogen-bond acceptors (Lipinski definition) is 3. The van der Waals surface area contributed by atoms with E-state index in [1.807, 2.05) is 37.2 Å². The van der Waals surface area contributed by atoms with E-state index in [-0.39, 0.29) is 0 Å². The van der Waals surface area contributed by atoms with Crippen LogP contribution in [-0.2, 0) is 11.3 Å². The van der Waals surface area contributed by atoms with Crippen molar-refractivity contribution < 1.29 is 4.79 Å². The molecule has 1 rings (SSSR count). The first-order valence-electron chi connectivity index (χ1n) is 5.14. The predicted molar refractivity (Wildman–Crippen MR) is 66.2 cm³/mol. The fourth-order valence-corrected chi connectivity index (χ4v) is 1.36. The van der Waals surface area contributed by atoms with Crippen LogP contribution in [0.4, 0.5) is 0 Å². The molecule has 0 atom stereocenters. The molecule has 3 nitrogen and oxygen atoms in total. The van der Waals surface area contributed by atoms with Crippen molar-refractivity contribution >= 4 is 12.0 Å². The molecule has 1 aromatic carbocycles. The molecule has 3 heteroatoms. The first kappa shape index (κ1) is 12.2. The van der Waals surface area contributed by atoms with E-state index in [2.05, 4.69) is 17.2 Å². The molecule has 0 N–H and O–H groups in total. The van der Waals surface area contributed by atoms with Crippen molar-refractivity contribution in [1.29, 1.82) is 0 Å². The maximum absolute atomic E-state index is 10.1. The summed E-state index contributed by atoms with van der Waals surface area (Å²) in [5, 5.41) is 6.16. The summed E-state index contributed by atoms with van der Waals surface area (Å²) in [4.78, 5) is 10.1. The van der Waals surface area contributed by atoms with E-state index < -0.39 is 0 Å². The summed E-state index contributed by atoms with van der Waals surface area (Å²) >= 11 is 0. The van der Waals surface area contributed by atoms with Gasteiger partial charge in [-0.05, 0) is 24.6 Å². The lowest BCUT2D eigenvalue weighted by Gasteiger charge is -2.13. The van der Waals surface area contributed by atoms with Crippen molar-refractivity contribution in [2.75, 3.05) is 7.05 Å². The molecular formula is C13H16N2O. The minimum Gasteiger partial charge on any atom is -0.299 e. The zero-order valence-corrected chi connectivity index (χ0v) is 9.63. The molecule has 0 aliphatic heterocycles. The van der Waals surface area contributed by atoms with Gasteiger partial charge in [0.25, 0.3) is 0 Å². The average Bonchev–Trinajstić information content (AvgIpc) is 2.27. The third-order valence-corrected chi connectivity index (χ3v) is 2.00. The Morgan fingerprint density at radius 3 is 2.69 bits per heavy atom. The molecule has 0 spiro atoms. The summed E-state index contributed by atoms with van der Waals surface area (Å²) in [6.07, 6.45) is 3.87. The van der Waals surface area contributed by atoms with Crippen molar-refractivity contribution in [3.63, 3.8) is 0 Å². The van der Waals surface area contributed by atoms with E-state index in [4.69, 9.17) is 0 Å². The Hall–Kier alpha value is -1.90. The first-order chi connectivity index (χ1) is 7.72. The highest BCUT2D eigenvalue weighted by Crippen LogP contribution is 2.02. The lowest BCUT2D eigenvalue weighted by molar-refractivity contribution is -0.104. The average molecular weight is 216 g/mol. The van der Waals surface area contributed by atoms with Gasteiger partial charge in [0.05, 0.1) is 12.3 Å². The lowest BCUT2D eigenvalue weighted by atomic mass is 10.2. The van der Waals surface area contributed by atoms with Crippen LogP contribution in [-0.4, -0.2) is 24.1 Å². The fourth-order valence-electron chi connectivity index (χ4n) is 1.36. The van der Waals surface area contributed by atoms with Gasteiger partial charge in [-0.3, -0.25) is 9.80 Å². The third-order valence-electron chi connectivity index (χ3n) is 2.00. The number of nitrogens with zero attached hydrogens (tertiary/aromatic N) is 2. The molecule has 0 amide bonds. The highest BCUT2D eigenvalue weighted by Gasteiger charge is 1.95. The smallest absolute Gasteiger partial charge is 0.142 e. The molecule has 0 unspecified atom stereocenters. The van der Waals surface area contributed by atoms with Crippen LogP contribution in [0.25, 0.3) is 0 Å². The Kier molecular flexibility index (Phi) is 4.99. The summed E-state index contributed by atoms with van der Waals surface area (Å²) in [6, 6.07) is 10.1. The number of rotatable bonds is 5. The first-order valence-corrected chi connectivity index (χ1v) is 5.14. The van der Waals surface area contributed by atoms with Gasteiger partial charge < -0.3 is 0 Å². The molecular weight excluding hydrogens is 200 g/mol. The normalized spacial score (nSPS) is 11.8. The molecule has 0 radical (unpaired) electrons. The molecule has 1 aromatic rings. The van der Waals surface area contributed by atoms with Crippen LogP contribution in [0.3, 0.4) is 0 Å². The number of allylic oxidation sites excluding steroid dienone is 2. The molecule has 0 fully saturated rings. The van der Waals surface area contributed by atoms with Crippen LogP contribution >= 0.6 is 0 Å². The Bertz CT molecular complexity index is 382. The van der Waals surface area contributed by atoms with Crippen molar-refractivity contribution in [1.82, 2.24) is 5.01 Å². The second-order valence-corrected chi connectivity index (χ2v) is 3.54. The highest BCUT2D eigenvalue weighted by molar-refractivity contribution is 5.95.